The van der Waals surface area contributed by atoms with Crippen molar-refractivity contribution in [3.63, 3.8) is 0 Å². The van der Waals surface area contributed by atoms with Crippen LogP contribution in [0.2, 0.25) is 0 Å². The lowest BCUT2D eigenvalue weighted by atomic mass is 9.97. The standard InChI is InChI=1S/C18H17F5N2O2/c1-2-12-14(13(16(19)20)7-8-15(12)24)9-25-17(26)10-3-5-11(6-4-10)27-18(21,22)23/h3-8,16H,2,9,24H2,1H3,(H,25,26). The third kappa shape index (κ3) is 5.32. The summed E-state index contributed by atoms with van der Waals surface area (Å²) in [7, 11) is 0. The van der Waals surface area contributed by atoms with Crippen molar-refractivity contribution in [2.24, 2.45) is 0 Å². The summed E-state index contributed by atoms with van der Waals surface area (Å²) in [6.07, 6.45) is -7.16. The Hall–Kier alpha value is -2.84. The molecule has 0 radical (unpaired) electrons. The van der Waals surface area contributed by atoms with Gasteiger partial charge in [0.2, 0.25) is 0 Å². The van der Waals surface area contributed by atoms with Crippen LogP contribution in [0.1, 0.15) is 40.4 Å². The molecule has 0 aromatic heterocycles. The second-order valence-corrected chi connectivity index (χ2v) is 5.61. The number of nitrogens with two attached hydrogens (primary N) is 1. The number of hydrogen-bond acceptors (Lipinski definition) is 3. The molecule has 146 valence electrons. The first-order valence-electron chi connectivity index (χ1n) is 7.94. The lowest BCUT2D eigenvalue weighted by molar-refractivity contribution is -0.274. The number of benzene rings is 2. The Morgan fingerprint density at radius 3 is 2.26 bits per heavy atom. The maximum Gasteiger partial charge on any atom is 0.573 e. The predicted octanol–water partition coefficient (Wildman–Crippen LogP) is 4.60. The van der Waals surface area contributed by atoms with E-state index in [0.29, 0.717) is 17.7 Å². The Bertz CT molecular complexity index is 805. The molecule has 4 nitrogen and oxygen atoms in total. The fourth-order valence-electron chi connectivity index (χ4n) is 2.64. The normalized spacial score (nSPS) is 11.5. The van der Waals surface area contributed by atoms with Gasteiger partial charge in [0, 0.05) is 23.4 Å². The van der Waals surface area contributed by atoms with Gasteiger partial charge in [-0.15, -0.1) is 13.2 Å². The quantitative estimate of drug-likeness (QED) is 0.562. The van der Waals surface area contributed by atoms with E-state index >= 15 is 0 Å². The summed E-state index contributed by atoms with van der Waals surface area (Å²) in [6, 6.07) is 6.87. The average Bonchev–Trinajstić information content (AvgIpc) is 2.58. The number of anilines is 1. The fourth-order valence-corrected chi connectivity index (χ4v) is 2.64. The minimum absolute atomic E-state index is 0.0603. The van der Waals surface area contributed by atoms with E-state index in [0.717, 1.165) is 24.3 Å². The van der Waals surface area contributed by atoms with Crippen LogP contribution in [-0.4, -0.2) is 12.3 Å². The van der Waals surface area contributed by atoms with E-state index in [1.807, 2.05) is 0 Å². The molecule has 0 aliphatic carbocycles. The summed E-state index contributed by atoms with van der Waals surface area (Å²) in [5.41, 5.74) is 6.75. The van der Waals surface area contributed by atoms with E-state index in [1.165, 1.54) is 12.1 Å². The molecule has 27 heavy (non-hydrogen) atoms. The van der Waals surface area contributed by atoms with Crippen LogP contribution in [0.15, 0.2) is 36.4 Å². The molecular weight excluding hydrogens is 371 g/mol. The van der Waals surface area contributed by atoms with Gasteiger partial charge in [-0.25, -0.2) is 8.78 Å². The molecule has 2 aromatic carbocycles. The molecule has 0 saturated heterocycles. The van der Waals surface area contributed by atoms with Gasteiger partial charge in [-0.05, 0) is 47.9 Å². The van der Waals surface area contributed by atoms with Gasteiger partial charge in [0.25, 0.3) is 12.3 Å². The van der Waals surface area contributed by atoms with E-state index in [9.17, 15) is 26.7 Å². The maximum absolute atomic E-state index is 13.2. The van der Waals surface area contributed by atoms with Crippen LogP contribution in [-0.2, 0) is 13.0 Å². The van der Waals surface area contributed by atoms with Crippen molar-refractivity contribution in [1.82, 2.24) is 5.32 Å². The molecule has 9 heteroatoms. The number of amides is 1. The zero-order chi connectivity index (χ0) is 20.2. The third-order valence-electron chi connectivity index (χ3n) is 3.87. The molecule has 3 N–H and O–H groups in total. The molecule has 0 fully saturated rings. The van der Waals surface area contributed by atoms with Gasteiger partial charge in [-0.2, -0.15) is 0 Å². The lowest BCUT2D eigenvalue weighted by Gasteiger charge is -2.16. The van der Waals surface area contributed by atoms with Crippen molar-refractivity contribution < 1.29 is 31.5 Å². The number of rotatable bonds is 6. The maximum atomic E-state index is 13.2. The van der Waals surface area contributed by atoms with E-state index in [-0.39, 0.29) is 23.2 Å². The van der Waals surface area contributed by atoms with Gasteiger partial charge in [0.15, 0.2) is 0 Å². The Morgan fingerprint density at radius 1 is 1.11 bits per heavy atom. The van der Waals surface area contributed by atoms with E-state index < -0.39 is 24.4 Å². The molecule has 0 saturated carbocycles. The van der Waals surface area contributed by atoms with Crippen LogP contribution in [0.5, 0.6) is 5.75 Å². The first kappa shape index (κ1) is 20.5. The van der Waals surface area contributed by atoms with Crippen molar-refractivity contribution >= 4 is 11.6 Å². The van der Waals surface area contributed by atoms with Crippen molar-refractivity contribution in [2.75, 3.05) is 5.73 Å². The molecular formula is C18H17F5N2O2. The molecule has 0 bridgehead atoms. The molecule has 0 heterocycles. The summed E-state index contributed by atoms with van der Waals surface area (Å²) >= 11 is 0. The molecule has 0 aliphatic rings. The molecule has 2 rings (SSSR count). The van der Waals surface area contributed by atoms with E-state index in [4.69, 9.17) is 5.73 Å². The number of ether oxygens (including phenoxy) is 1. The Balaban J connectivity index is 2.15. The van der Waals surface area contributed by atoms with Crippen LogP contribution in [0, 0.1) is 0 Å². The first-order chi connectivity index (χ1) is 12.6. The van der Waals surface area contributed by atoms with E-state index in [2.05, 4.69) is 10.1 Å². The molecule has 0 atom stereocenters. The zero-order valence-corrected chi connectivity index (χ0v) is 14.2. The first-order valence-corrected chi connectivity index (χ1v) is 7.94. The van der Waals surface area contributed by atoms with Crippen molar-refractivity contribution in [3.05, 3.63) is 58.7 Å². The van der Waals surface area contributed by atoms with Crippen molar-refractivity contribution in [3.8, 4) is 5.75 Å². The van der Waals surface area contributed by atoms with Gasteiger partial charge in [-0.1, -0.05) is 13.0 Å². The van der Waals surface area contributed by atoms with Gasteiger partial charge >= 0.3 is 6.36 Å². The highest BCUT2D eigenvalue weighted by atomic mass is 19.4. The molecule has 0 spiro atoms. The summed E-state index contributed by atoms with van der Waals surface area (Å²) in [4.78, 5) is 12.2. The fraction of sp³-hybridized carbons (Fsp3) is 0.278. The highest BCUT2D eigenvalue weighted by Gasteiger charge is 2.31. The van der Waals surface area contributed by atoms with Crippen LogP contribution >= 0.6 is 0 Å². The molecule has 0 aliphatic heterocycles. The minimum atomic E-state index is -4.83. The number of hydrogen-bond donors (Lipinski definition) is 2. The average molecular weight is 388 g/mol. The largest absolute Gasteiger partial charge is 0.573 e. The number of nitrogen functional groups attached to an aromatic ring is 1. The predicted molar refractivity (Wildman–Crippen MR) is 89.5 cm³/mol. The number of carbonyl (C=O) groups excluding carboxylic acids is 1. The van der Waals surface area contributed by atoms with Gasteiger partial charge in [0.1, 0.15) is 5.75 Å². The molecule has 1 amide bonds. The monoisotopic (exact) mass is 388 g/mol. The lowest BCUT2D eigenvalue weighted by Crippen LogP contribution is -2.24. The van der Waals surface area contributed by atoms with Crippen LogP contribution in [0.3, 0.4) is 0 Å². The van der Waals surface area contributed by atoms with Gasteiger partial charge < -0.3 is 15.8 Å². The van der Waals surface area contributed by atoms with Gasteiger partial charge in [0.05, 0.1) is 0 Å². The highest BCUT2D eigenvalue weighted by Crippen LogP contribution is 2.29. The topological polar surface area (TPSA) is 64.3 Å². The van der Waals surface area contributed by atoms with E-state index in [1.54, 1.807) is 6.92 Å². The second kappa shape index (κ2) is 8.24. The summed E-state index contributed by atoms with van der Waals surface area (Å²) in [5.74, 6) is -1.10. The number of halogens is 5. The van der Waals surface area contributed by atoms with Crippen LogP contribution in [0.4, 0.5) is 27.6 Å². The summed E-state index contributed by atoms with van der Waals surface area (Å²) in [6.45, 7) is 1.57. The number of carbonyl (C=O) groups is 1. The Kier molecular flexibility index (Phi) is 6.24. The summed E-state index contributed by atoms with van der Waals surface area (Å²) in [5, 5.41) is 2.49. The smallest absolute Gasteiger partial charge is 0.406 e. The van der Waals surface area contributed by atoms with Crippen molar-refractivity contribution in [2.45, 2.75) is 32.7 Å². The van der Waals surface area contributed by atoms with Crippen molar-refractivity contribution in [1.29, 1.82) is 0 Å². The SMILES string of the molecule is CCc1c(N)ccc(C(F)F)c1CNC(=O)c1ccc(OC(F)(F)F)cc1. The van der Waals surface area contributed by atoms with Gasteiger partial charge in [-0.3, -0.25) is 4.79 Å². The summed E-state index contributed by atoms with van der Waals surface area (Å²) < 4.78 is 66.6. The Labute approximate surface area is 152 Å². The van der Waals surface area contributed by atoms with Crippen LogP contribution < -0.4 is 15.8 Å². The number of nitrogens with one attached hydrogen (secondary N) is 1. The molecule has 2 aromatic rings. The number of alkyl halides is 5. The minimum Gasteiger partial charge on any atom is -0.406 e. The second-order valence-electron chi connectivity index (χ2n) is 5.61. The zero-order valence-electron chi connectivity index (χ0n) is 14.2. The van der Waals surface area contributed by atoms with Crippen LogP contribution in [0.25, 0.3) is 0 Å². The Morgan fingerprint density at radius 2 is 1.74 bits per heavy atom. The molecule has 0 unspecified atom stereocenters. The highest BCUT2D eigenvalue weighted by molar-refractivity contribution is 5.94. The third-order valence-corrected chi connectivity index (χ3v) is 3.87.